The number of nitrogens with two attached hydrogens (primary N) is 1. The summed E-state index contributed by atoms with van der Waals surface area (Å²) in [6, 6.07) is 2.36. The first-order valence-corrected chi connectivity index (χ1v) is 5.74. The van der Waals surface area contributed by atoms with Crippen molar-refractivity contribution < 1.29 is 4.92 Å². The van der Waals surface area contributed by atoms with E-state index >= 15 is 0 Å². The highest BCUT2D eigenvalue weighted by molar-refractivity contribution is 5.54. The smallest absolute Gasteiger partial charge is 0.276 e. The van der Waals surface area contributed by atoms with Crippen LogP contribution in [0.25, 0.3) is 0 Å². The quantitative estimate of drug-likeness (QED) is 0.410. The second-order valence-corrected chi connectivity index (χ2v) is 4.16. The Morgan fingerprint density at radius 1 is 1.45 bits per heavy atom. The first-order chi connectivity index (χ1) is 9.51. The van der Waals surface area contributed by atoms with E-state index in [4.69, 9.17) is 5.84 Å². The molecule has 0 fully saturated rings. The van der Waals surface area contributed by atoms with Crippen molar-refractivity contribution in [1.29, 1.82) is 0 Å². The van der Waals surface area contributed by atoms with Crippen molar-refractivity contribution in [2.24, 2.45) is 12.9 Å². The maximum Gasteiger partial charge on any atom is 0.276 e. The number of hydrogen-bond acceptors (Lipinski definition) is 8. The molecule has 20 heavy (non-hydrogen) atoms. The number of hydrogen-bond donors (Lipinski definition) is 3. The molecule has 0 amide bonds. The summed E-state index contributed by atoms with van der Waals surface area (Å²) >= 11 is 0. The molecule has 0 spiro atoms. The van der Waals surface area contributed by atoms with Crippen LogP contribution in [-0.2, 0) is 7.05 Å². The van der Waals surface area contributed by atoms with Gasteiger partial charge in [-0.05, 0) is 6.92 Å². The molecule has 4 N–H and O–H groups in total. The summed E-state index contributed by atoms with van der Waals surface area (Å²) in [4.78, 5) is 14.4. The minimum Gasteiger partial charge on any atom is -0.360 e. The molecule has 1 atom stereocenters. The molecule has 2 rings (SSSR count). The summed E-state index contributed by atoms with van der Waals surface area (Å²) in [7, 11) is 1.81. The third-order valence-corrected chi connectivity index (χ3v) is 2.67. The highest BCUT2D eigenvalue weighted by Crippen LogP contribution is 2.23. The molecular weight excluding hydrogens is 264 g/mol. The summed E-state index contributed by atoms with van der Waals surface area (Å²) in [6.07, 6.45) is 1.57. The summed E-state index contributed by atoms with van der Waals surface area (Å²) in [5.41, 5.74) is 2.18. The van der Waals surface area contributed by atoms with E-state index in [1.54, 1.807) is 17.9 Å². The molecule has 0 radical (unpaired) electrons. The maximum absolute atomic E-state index is 10.8. The van der Waals surface area contributed by atoms with Gasteiger partial charge in [0.2, 0.25) is 0 Å². The number of hydrazine groups is 1. The number of anilines is 2. The van der Waals surface area contributed by atoms with Crippen molar-refractivity contribution in [2.75, 3.05) is 10.7 Å². The van der Waals surface area contributed by atoms with Crippen molar-refractivity contribution >= 4 is 17.3 Å². The van der Waals surface area contributed by atoms with Crippen LogP contribution >= 0.6 is 0 Å². The van der Waals surface area contributed by atoms with Crippen LogP contribution in [0.4, 0.5) is 17.3 Å². The number of aromatic nitrogens is 4. The molecule has 0 bridgehead atoms. The topological polar surface area (TPSA) is 137 Å². The Balaban J connectivity index is 2.26. The van der Waals surface area contributed by atoms with Crippen LogP contribution in [0.15, 0.2) is 18.5 Å². The van der Waals surface area contributed by atoms with Gasteiger partial charge < -0.3 is 15.3 Å². The zero-order valence-electron chi connectivity index (χ0n) is 10.9. The monoisotopic (exact) mass is 278 g/mol. The van der Waals surface area contributed by atoms with Crippen LogP contribution < -0.4 is 16.6 Å². The number of nitrogens with zero attached hydrogens (tertiary/aromatic N) is 5. The molecule has 2 aromatic rings. The molecule has 10 heteroatoms. The molecule has 1 unspecified atom stereocenters. The Morgan fingerprint density at radius 2 is 2.15 bits per heavy atom. The molecule has 0 saturated carbocycles. The van der Waals surface area contributed by atoms with Crippen LogP contribution in [0.1, 0.15) is 18.8 Å². The fourth-order valence-corrected chi connectivity index (χ4v) is 1.74. The molecule has 10 nitrogen and oxygen atoms in total. The largest absolute Gasteiger partial charge is 0.360 e. The number of nitrogen functional groups attached to an aromatic ring is 1. The predicted molar refractivity (Wildman–Crippen MR) is 71.7 cm³/mol. The number of nitrogens with one attached hydrogen (secondary N) is 2. The van der Waals surface area contributed by atoms with Gasteiger partial charge in [-0.15, -0.1) is 10.2 Å². The van der Waals surface area contributed by atoms with Crippen LogP contribution in [0.3, 0.4) is 0 Å². The Labute approximate surface area is 114 Å². The summed E-state index contributed by atoms with van der Waals surface area (Å²) in [5.74, 6) is 6.45. The van der Waals surface area contributed by atoms with Gasteiger partial charge in [0.05, 0.1) is 23.1 Å². The normalized spacial score (nSPS) is 11.9. The van der Waals surface area contributed by atoms with Crippen molar-refractivity contribution in [3.63, 3.8) is 0 Å². The first-order valence-electron chi connectivity index (χ1n) is 5.74. The third kappa shape index (κ3) is 2.80. The Hall–Kier alpha value is -2.75. The molecule has 0 saturated heterocycles. The molecule has 0 aliphatic carbocycles. The Morgan fingerprint density at radius 3 is 2.70 bits per heavy atom. The van der Waals surface area contributed by atoms with Crippen LogP contribution in [0, 0.1) is 10.1 Å². The Kier molecular flexibility index (Phi) is 3.75. The van der Waals surface area contributed by atoms with Crippen LogP contribution in [-0.4, -0.2) is 24.7 Å². The van der Waals surface area contributed by atoms with Gasteiger partial charge in [0.1, 0.15) is 18.0 Å². The molecule has 0 aliphatic rings. The van der Waals surface area contributed by atoms with E-state index in [1.165, 1.54) is 12.1 Å². The van der Waals surface area contributed by atoms with Crippen molar-refractivity contribution in [1.82, 2.24) is 19.7 Å². The lowest BCUT2D eigenvalue weighted by atomic mass is 10.3. The summed E-state index contributed by atoms with van der Waals surface area (Å²) < 4.78 is 1.75. The van der Waals surface area contributed by atoms with Crippen molar-refractivity contribution in [3.8, 4) is 0 Å². The van der Waals surface area contributed by atoms with E-state index in [0.717, 1.165) is 0 Å². The second kappa shape index (κ2) is 5.48. The molecule has 0 aliphatic heterocycles. The van der Waals surface area contributed by atoms with Crippen LogP contribution in [0.2, 0.25) is 0 Å². The van der Waals surface area contributed by atoms with Crippen molar-refractivity contribution in [3.05, 3.63) is 34.4 Å². The Bertz CT molecular complexity index is 625. The zero-order chi connectivity index (χ0) is 14.7. The van der Waals surface area contributed by atoms with Gasteiger partial charge >= 0.3 is 0 Å². The van der Waals surface area contributed by atoms with Gasteiger partial charge in [-0.25, -0.2) is 10.8 Å². The highest BCUT2D eigenvalue weighted by Gasteiger charge is 2.15. The SMILES string of the molecule is CC(Nc1cc([N+](=O)[O-])cc(NN)n1)c1nncn1C. The molecule has 0 aromatic carbocycles. The fourth-order valence-electron chi connectivity index (χ4n) is 1.74. The van der Waals surface area contributed by atoms with E-state index in [9.17, 15) is 10.1 Å². The van der Waals surface area contributed by atoms with Gasteiger partial charge in [-0.1, -0.05) is 0 Å². The van der Waals surface area contributed by atoms with Gasteiger partial charge in [0.25, 0.3) is 5.69 Å². The standard InChI is InChI=1S/C10H14N8O2/c1-6(10-16-12-5-17(10)2)13-8-3-7(18(19)20)4-9(14-8)15-11/h3-6H,11H2,1-2H3,(H2,13,14,15). The fraction of sp³-hybridized carbons (Fsp3) is 0.300. The van der Waals surface area contributed by atoms with E-state index in [0.29, 0.717) is 11.6 Å². The van der Waals surface area contributed by atoms with Crippen molar-refractivity contribution in [2.45, 2.75) is 13.0 Å². The lowest BCUT2D eigenvalue weighted by Crippen LogP contribution is -2.15. The lowest BCUT2D eigenvalue weighted by Gasteiger charge is -2.14. The number of nitro groups is 1. The van der Waals surface area contributed by atoms with E-state index in [2.05, 4.69) is 25.9 Å². The average Bonchev–Trinajstić information content (AvgIpc) is 2.84. The average molecular weight is 278 g/mol. The summed E-state index contributed by atoms with van der Waals surface area (Å²) in [5, 5.41) is 21.6. The van der Waals surface area contributed by atoms with Gasteiger partial charge in [0, 0.05) is 7.05 Å². The molecular formula is C10H14N8O2. The number of aryl methyl sites for hydroxylation is 1. The molecule has 2 aromatic heterocycles. The third-order valence-electron chi connectivity index (χ3n) is 2.67. The summed E-state index contributed by atoms with van der Waals surface area (Å²) in [6.45, 7) is 1.85. The van der Waals surface area contributed by atoms with E-state index in [1.807, 2.05) is 6.92 Å². The van der Waals surface area contributed by atoms with Crippen LogP contribution in [0.5, 0.6) is 0 Å². The highest BCUT2D eigenvalue weighted by atomic mass is 16.6. The second-order valence-electron chi connectivity index (χ2n) is 4.16. The maximum atomic E-state index is 10.8. The molecule has 106 valence electrons. The predicted octanol–water partition coefficient (Wildman–Crippen LogP) is 0.577. The first kappa shape index (κ1) is 13.7. The number of rotatable bonds is 5. The van der Waals surface area contributed by atoms with E-state index in [-0.39, 0.29) is 17.5 Å². The van der Waals surface area contributed by atoms with Gasteiger partial charge in [-0.3, -0.25) is 10.1 Å². The van der Waals surface area contributed by atoms with Gasteiger partial charge in [-0.2, -0.15) is 0 Å². The minimum atomic E-state index is -0.513. The van der Waals surface area contributed by atoms with E-state index < -0.39 is 4.92 Å². The lowest BCUT2D eigenvalue weighted by molar-refractivity contribution is -0.384. The number of pyridine rings is 1. The minimum absolute atomic E-state index is 0.111. The molecule has 2 heterocycles. The zero-order valence-corrected chi connectivity index (χ0v) is 10.9. The van der Waals surface area contributed by atoms with Gasteiger partial charge in [0.15, 0.2) is 5.82 Å².